The van der Waals surface area contributed by atoms with Crippen LogP contribution in [0, 0.1) is 0 Å². The number of carbonyl (C=O) groups is 1. The van der Waals surface area contributed by atoms with Crippen molar-refractivity contribution in [3.8, 4) is 0 Å². The van der Waals surface area contributed by atoms with Crippen molar-refractivity contribution in [3.63, 3.8) is 0 Å². The molecule has 1 heterocycles. The Balaban J connectivity index is 1.98. The van der Waals surface area contributed by atoms with Crippen LogP contribution in [-0.2, 0) is 10.2 Å². The molecule has 2 rings (SSSR count). The van der Waals surface area contributed by atoms with Crippen molar-refractivity contribution < 1.29 is 4.79 Å². The number of carbonyl (C=O) groups excluding carboxylic acids is 1. The zero-order valence-electron chi connectivity index (χ0n) is 11.5. The van der Waals surface area contributed by atoms with Crippen LogP contribution in [0.4, 0.5) is 0 Å². The first-order valence-corrected chi connectivity index (χ1v) is 7.05. The van der Waals surface area contributed by atoms with E-state index in [1.807, 2.05) is 4.90 Å². The molecule has 98 valence electrons. The van der Waals surface area contributed by atoms with Crippen molar-refractivity contribution in [1.82, 2.24) is 4.90 Å². The molecule has 0 unspecified atom stereocenters. The highest BCUT2D eigenvalue weighted by Crippen LogP contribution is 2.37. The monoisotopic (exact) mass is 245 g/mol. The maximum absolute atomic E-state index is 11.9. The van der Waals surface area contributed by atoms with Crippen LogP contribution in [0.1, 0.15) is 45.1 Å². The molecule has 0 spiro atoms. The van der Waals surface area contributed by atoms with Crippen LogP contribution in [0.3, 0.4) is 0 Å². The zero-order valence-corrected chi connectivity index (χ0v) is 11.5. The SMILES string of the molecule is CCCCC(=O)N1CC(CC)(c2ccccc2)C1. The molecule has 0 radical (unpaired) electrons. The van der Waals surface area contributed by atoms with Gasteiger partial charge in [0.2, 0.25) is 5.91 Å². The normalized spacial score (nSPS) is 17.3. The third-order valence-electron chi connectivity index (χ3n) is 4.15. The molecule has 0 bridgehead atoms. The molecule has 1 aliphatic rings. The fraction of sp³-hybridized carbons (Fsp3) is 0.562. The van der Waals surface area contributed by atoms with Gasteiger partial charge in [-0.25, -0.2) is 0 Å². The Morgan fingerprint density at radius 3 is 2.44 bits per heavy atom. The van der Waals surface area contributed by atoms with Crippen LogP contribution in [0.5, 0.6) is 0 Å². The van der Waals surface area contributed by atoms with Gasteiger partial charge < -0.3 is 4.90 Å². The maximum Gasteiger partial charge on any atom is 0.222 e. The topological polar surface area (TPSA) is 20.3 Å². The Bertz CT molecular complexity index is 393. The number of benzene rings is 1. The maximum atomic E-state index is 11.9. The number of unbranched alkanes of at least 4 members (excludes halogenated alkanes) is 1. The Kier molecular flexibility index (Phi) is 4.05. The molecule has 1 aliphatic heterocycles. The van der Waals surface area contributed by atoms with Crippen LogP contribution in [0.25, 0.3) is 0 Å². The molecule has 18 heavy (non-hydrogen) atoms. The molecule has 1 amide bonds. The van der Waals surface area contributed by atoms with Gasteiger partial charge in [-0.3, -0.25) is 4.79 Å². The molecule has 0 atom stereocenters. The van der Waals surface area contributed by atoms with Gasteiger partial charge in [0.1, 0.15) is 0 Å². The summed E-state index contributed by atoms with van der Waals surface area (Å²) in [6.07, 6.45) is 3.93. The molecule has 1 aromatic rings. The van der Waals surface area contributed by atoms with Crippen LogP contribution in [-0.4, -0.2) is 23.9 Å². The van der Waals surface area contributed by atoms with Gasteiger partial charge in [-0.1, -0.05) is 50.6 Å². The third kappa shape index (κ3) is 2.43. The summed E-state index contributed by atoms with van der Waals surface area (Å²) in [5, 5.41) is 0. The second-order valence-corrected chi connectivity index (χ2v) is 5.35. The van der Waals surface area contributed by atoms with E-state index in [2.05, 4.69) is 44.2 Å². The average Bonchev–Trinajstić information content (AvgIpc) is 2.37. The molecule has 1 saturated heterocycles. The summed E-state index contributed by atoms with van der Waals surface area (Å²) in [6, 6.07) is 10.6. The number of hydrogen-bond acceptors (Lipinski definition) is 1. The molecular formula is C16H23NO. The number of amides is 1. The highest BCUT2D eigenvalue weighted by atomic mass is 16.2. The molecule has 0 N–H and O–H groups in total. The van der Waals surface area contributed by atoms with E-state index in [4.69, 9.17) is 0 Å². The minimum Gasteiger partial charge on any atom is -0.341 e. The lowest BCUT2D eigenvalue weighted by Gasteiger charge is -2.50. The predicted octanol–water partition coefficient (Wildman–Crippen LogP) is 3.37. The summed E-state index contributed by atoms with van der Waals surface area (Å²) in [5.74, 6) is 0.330. The van der Waals surface area contributed by atoms with Crippen molar-refractivity contribution in [2.45, 2.75) is 44.9 Å². The number of nitrogens with zero attached hydrogens (tertiary/aromatic N) is 1. The van der Waals surface area contributed by atoms with Gasteiger partial charge in [0.05, 0.1) is 0 Å². The fourth-order valence-electron chi connectivity index (χ4n) is 2.75. The molecule has 2 heteroatoms. The van der Waals surface area contributed by atoms with Gasteiger partial charge in [0, 0.05) is 24.9 Å². The van der Waals surface area contributed by atoms with Gasteiger partial charge in [-0.2, -0.15) is 0 Å². The molecule has 1 aromatic carbocycles. The lowest BCUT2D eigenvalue weighted by Crippen LogP contribution is -2.60. The molecule has 2 nitrogen and oxygen atoms in total. The van der Waals surface area contributed by atoms with Gasteiger partial charge in [-0.15, -0.1) is 0 Å². The Morgan fingerprint density at radius 2 is 1.89 bits per heavy atom. The second-order valence-electron chi connectivity index (χ2n) is 5.35. The highest BCUT2D eigenvalue weighted by molar-refractivity contribution is 5.77. The molecule has 1 fully saturated rings. The Labute approximate surface area is 110 Å². The van der Waals surface area contributed by atoms with Crippen LogP contribution >= 0.6 is 0 Å². The van der Waals surface area contributed by atoms with Gasteiger partial charge >= 0.3 is 0 Å². The van der Waals surface area contributed by atoms with Crippen molar-refractivity contribution in [3.05, 3.63) is 35.9 Å². The average molecular weight is 245 g/mol. The summed E-state index contributed by atoms with van der Waals surface area (Å²) >= 11 is 0. The van der Waals surface area contributed by atoms with Gasteiger partial charge in [0.15, 0.2) is 0 Å². The van der Waals surface area contributed by atoms with Crippen LogP contribution in [0.15, 0.2) is 30.3 Å². The van der Waals surface area contributed by atoms with Crippen LogP contribution < -0.4 is 0 Å². The van der Waals surface area contributed by atoms with E-state index in [0.29, 0.717) is 12.3 Å². The standard InChI is InChI=1S/C16H23NO/c1-3-5-11-15(18)17-12-16(4-2,13-17)14-9-7-6-8-10-14/h6-10H,3-5,11-13H2,1-2H3. The number of hydrogen-bond donors (Lipinski definition) is 0. The van der Waals surface area contributed by atoms with E-state index in [9.17, 15) is 4.79 Å². The smallest absolute Gasteiger partial charge is 0.222 e. The second kappa shape index (κ2) is 5.55. The molecule has 0 aliphatic carbocycles. The van der Waals surface area contributed by atoms with Crippen molar-refractivity contribution in [2.75, 3.05) is 13.1 Å². The van der Waals surface area contributed by atoms with E-state index in [0.717, 1.165) is 32.4 Å². The largest absolute Gasteiger partial charge is 0.341 e. The van der Waals surface area contributed by atoms with Crippen molar-refractivity contribution in [1.29, 1.82) is 0 Å². The summed E-state index contributed by atoms with van der Waals surface area (Å²) < 4.78 is 0. The van der Waals surface area contributed by atoms with Crippen LogP contribution in [0.2, 0.25) is 0 Å². The van der Waals surface area contributed by atoms with Gasteiger partial charge in [0.25, 0.3) is 0 Å². The summed E-state index contributed by atoms with van der Waals surface area (Å²) in [4.78, 5) is 14.0. The number of rotatable bonds is 5. The highest BCUT2D eigenvalue weighted by Gasteiger charge is 2.44. The Hall–Kier alpha value is -1.31. The predicted molar refractivity (Wildman–Crippen MR) is 74.5 cm³/mol. The summed E-state index contributed by atoms with van der Waals surface area (Å²) in [6.45, 7) is 6.15. The molecular weight excluding hydrogens is 222 g/mol. The number of likely N-dealkylation sites (tertiary alicyclic amines) is 1. The van der Waals surface area contributed by atoms with E-state index in [1.165, 1.54) is 5.56 Å². The Morgan fingerprint density at radius 1 is 1.22 bits per heavy atom. The summed E-state index contributed by atoms with van der Waals surface area (Å²) in [7, 11) is 0. The minimum atomic E-state index is 0.211. The fourth-order valence-corrected chi connectivity index (χ4v) is 2.75. The van der Waals surface area contributed by atoms with Crippen molar-refractivity contribution >= 4 is 5.91 Å². The van der Waals surface area contributed by atoms with Crippen molar-refractivity contribution in [2.24, 2.45) is 0 Å². The molecule has 0 saturated carbocycles. The lowest BCUT2D eigenvalue weighted by molar-refractivity contribution is -0.139. The first-order valence-electron chi connectivity index (χ1n) is 7.05. The van der Waals surface area contributed by atoms with Gasteiger partial charge in [-0.05, 0) is 18.4 Å². The quantitative estimate of drug-likeness (QED) is 0.779. The van der Waals surface area contributed by atoms with E-state index >= 15 is 0 Å². The first kappa shape index (κ1) is 13.1. The zero-order chi connectivity index (χ0) is 13.0. The van der Waals surface area contributed by atoms with E-state index in [-0.39, 0.29) is 5.41 Å². The first-order chi connectivity index (χ1) is 8.72. The van der Waals surface area contributed by atoms with E-state index in [1.54, 1.807) is 0 Å². The third-order valence-corrected chi connectivity index (χ3v) is 4.15. The van der Waals surface area contributed by atoms with E-state index < -0.39 is 0 Å². The lowest BCUT2D eigenvalue weighted by atomic mass is 9.71. The minimum absolute atomic E-state index is 0.211. The molecule has 0 aromatic heterocycles. The summed E-state index contributed by atoms with van der Waals surface area (Å²) in [5.41, 5.74) is 1.59.